The Kier molecular flexibility index (Phi) is 8.92. The van der Waals surface area contributed by atoms with Gasteiger partial charge in [-0.3, -0.25) is 9.69 Å². The summed E-state index contributed by atoms with van der Waals surface area (Å²) in [6.45, 7) is 3.21. The predicted octanol–water partition coefficient (Wildman–Crippen LogP) is 1.20. The topological polar surface area (TPSA) is 123 Å². The number of carbonyl (C=O) groups is 3. The van der Waals surface area contributed by atoms with Crippen LogP contribution in [0, 0.1) is 11.3 Å². The number of carbonyl (C=O) groups excluding carboxylic acids is 2. The number of aliphatic carboxylic acids is 1. The smallest absolute Gasteiger partial charge is 0.408 e. The van der Waals surface area contributed by atoms with Crippen LogP contribution in [-0.2, 0) is 20.9 Å². The number of benzene rings is 1. The fraction of sp³-hybridized carbons (Fsp3) is 0.500. The SMILES string of the molecule is N#CCCN1CCN(C(=O)CC[C@H](NC(=O)OCc2ccccc2)C(=O)O)CC1. The largest absolute Gasteiger partial charge is 0.480 e. The molecule has 2 rings (SSSR count). The van der Waals surface area contributed by atoms with Crippen molar-refractivity contribution in [2.75, 3.05) is 32.7 Å². The fourth-order valence-electron chi connectivity index (χ4n) is 3.02. The summed E-state index contributed by atoms with van der Waals surface area (Å²) >= 11 is 0. The highest BCUT2D eigenvalue weighted by Crippen LogP contribution is 2.08. The molecular formula is C20H26N4O5. The van der Waals surface area contributed by atoms with Crippen LogP contribution < -0.4 is 5.32 Å². The second-order valence-electron chi connectivity index (χ2n) is 6.77. The maximum absolute atomic E-state index is 12.4. The molecule has 1 heterocycles. The predicted molar refractivity (Wildman–Crippen MR) is 104 cm³/mol. The summed E-state index contributed by atoms with van der Waals surface area (Å²) in [6, 6.07) is 9.96. The van der Waals surface area contributed by atoms with Crippen LogP contribution in [-0.4, -0.2) is 71.6 Å². The minimum atomic E-state index is -1.21. The van der Waals surface area contributed by atoms with Crippen LogP contribution in [0.2, 0.25) is 0 Å². The first kappa shape index (κ1) is 22.2. The highest BCUT2D eigenvalue weighted by Gasteiger charge is 2.25. The van der Waals surface area contributed by atoms with Crippen LogP contribution in [0.5, 0.6) is 0 Å². The lowest BCUT2D eigenvalue weighted by Gasteiger charge is -2.34. The van der Waals surface area contributed by atoms with E-state index in [-0.39, 0.29) is 25.4 Å². The number of amides is 2. The third kappa shape index (κ3) is 7.79. The summed E-state index contributed by atoms with van der Waals surface area (Å²) in [5.74, 6) is -1.36. The van der Waals surface area contributed by atoms with Gasteiger partial charge < -0.3 is 20.1 Å². The molecule has 1 saturated heterocycles. The van der Waals surface area contributed by atoms with Gasteiger partial charge in [0.05, 0.1) is 6.07 Å². The van der Waals surface area contributed by atoms with Crippen LogP contribution >= 0.6 is 0 Å². The van der Waals surface area contributed by atoms with Crippen molar-refractivity contribution in [2.45, 2.75) is 31.9 Å². The first-order valence-corrected chi connectivity index (χ1v) is 9.56. The highest BCUT2D eigenvalue weighted by atomic mass is 16.5. The number of alkyl carbamates (subject to hydrolysis) is 1. The van der Waals surface area contributed by atoms with Crippen LogP contribution in [0.3, 0.4) is 0 Å². The first-order chi connectivity index (χ1) is 14.0. The number of hydrogen-bond donors (Lipinski definition) is 2. The van der Waals surface area contributed by atoms with Gasteiger partial charge in [0, 0.05) is 45.6 Å². The van der Waals surface area contributed by atoms with Gasteiger partial charge >= 0.3 is 12.1 Å². The number of nitrogens with one attached hydrogen (secondary N) is 1. The summed E-state index contributed by atoms with van der Waals surface area (Å²) in [7, 11) is 0. The summed E-state index contributed by atoms with van der Waals surface area (Å²) in [5.41, 5.74) is 0.790. The molecular weight excluding hydrogens is 376 g/mol. The number of piperazine rings is 1. The molecule has 0 radical (unpaired) electrons. The molecule has 156 valence electrons. The monoisotopic (exact) mass is 402 g/mol. The molecule has 1 aromatic rings. The molecule has 29 heavy (non-hydrogen) atoms. The molecule has 1 aromatic carbocycles. The van der Waals surface area contributed by atoms with Crippen molar-refractivity contribution in [1.82, 2.24) is 15.1 Å². The zero-order chi connectivity index (χ0) is 21.1. The van der Waals surface area contributed by atoms with E-state index in [4.69, 9.17) is 10.00 Å². The number of rotatable bonds is 9. The van der Waals surface area contributed by atoms with E-state index in [1.165, 1.54) is 0 Å². The molecule has 1 atom stereocenters. The normalized spacial score (nSPS) is 15.2. The van der Waals surface area contributed by atoms with Gasteiger partial charge in [-0.1, -0.05) is 30.3 Å². The Labute approximate surface area is 169 Å². The summed E-state index contributed by atoms with van der Waals surface area (Å²) < 4.78 is 5.04. The van der Waals surface area contributed by atoms with Crippen molar-refractivity contribution in [3.63, 3.8) is 0 Å². The van der Waals surface area contributed by atoms with E-state index >= 15 is 0 Å². The second kappa shape index (κ2) is 11.7. The van der Waals surface area contributed by atoms with Gasteiger partial charge in [0.15, 0.2) is 0 Å². The maximum Gasteiger partial charge on any atom is 0.408 e. The van der Waals surface area contributed by atoms with Crippen molar-refractivity contribution in [1.29, 1.82) is 5.26 Å². The van der Waals surface area contributed by atoms with Gasteiger partial charge in [-0.05, 0) is 12.0 Å². The van der Waals surface area contributed by atoms with Crippen LogP contribution in [0.25, 0.3) is 0 Å². The summed E-state index contributed by atoms with van der Waals surface area (Å²) in [4.78, 5) is 39.5. The molecule has 0 bridgehead atoms. The standard InChI is InChI=1S/C20H26N4O5/c21-9-4-10-23-11-13-24(14-12-23)18(25)8-7-17(19(26)27)22-20(28)29-15-16-5-2-1-3-6-16/h1-3,5-6,17H,4,7-8,10-15H2,(H,22,28)(H,26,27)/t17-/m0/s1. The van der Waals surface area contributed by atoms with Gasteiger partial charge in [0.2, 0.25) is 5.91 Å². The number of nitriles is 1. The molecule has 0 aliphatic carbocycles. The second-order valence-corrected chi connectivity index (χ2v) is 6.77. The first-order valence-electron chi connectivity index (χ1n) is 9.56. The molecule has 2 amide bonds. The molecule has 1 aliphatic rings. The quantitative estimate of drug-likeness (QED) is 0.636. The Morgan fingerprint density at radius 3 is 2.48 bits per heavy atom. The summed E-state index contributed by atoms with van der Waals surface area (Å²) in [5, 5.41) is 20.3. The van der Waals surface area contributed by atoms with E-state index in [9.17, 15) is 19.5 Å². The van der Waals surface area contributed by atoms with Crippen LogP contribution in [0.4, 0.5) is 4.79 Å². The Balaban J connectivity index is 1.73. The molecule has 1 fully saturated rings. The van der Waals surface area contributed by atoms with Gasteiger partial charge in [0.25, 0.3) is 0 Å². The van der Waals surface area contributed by atoms with E-state index in [0.29, 0.717) is 39.1 Å². The van der Waals surface area contributed by atoms with Crippen molar-refractivity contribution in [3.05, 3.63) is 35.9 Å². The van der Waals surface area contributed by atoms with Crippen molar-refractivity contribution in [2.24, 2.45) is 0 Å². The maximum atomic E-state index is 12.4. The Hall–Kier alpha value is -3.12. The Morgan fingerprint density at radius 2 is 1.86 bits per heavy atom. The highest BCUT2D eigenvalue weighted by molar-refractivity contribution is 5.81. The lowest BCUT2D eigenvalue weighted by atomic mass is 10.1. The molecule has 9 nitrogen and oxygen atoms in total. The number of carboxylic acid groups (broad SMARTS) is 1. The lowest BCUT2D eigenvalue weighted by Crippen LogP contribution is -2.49. The van der Waals surface area contributed by atoms with Crippen molar-refractivity contribution < 1.29 is 24.2 Å². The molecule has 0 saturated carbocycles. The van der Waals surface area contributed by atoms with Crippen molar-refractivity contribution >= 4 is 18.0 Å². The molecule has 0 unspecified atom stereocenters. The molecule has 9 heteroatoms. The third-order valence-electron chi connectivity index (χ3n) is 4.71. The van der Waals surface area contributed by atoms with Gasteiger partial charge in [-0.2, -0.15) is 5.26 Å². The summed E-state index contributed by atoms with van der Waals surface area (Å²) in [6.07, 6.45) is -0.364. The van der Waals surface area contributed by atoms with Gasteiger partial charge in [-0.25, -0.2) is 9.59 Å². The molecule has 0 spiro atoms. The average Bonchev–Trinajstić information content (AvgIpc) is 2.74. The third-order valence-corrected chi connectivity index (χ3v) is 4.71. The van der Waals surface area contributed by atoms with E-state index in [1.807, 2.05) is 18.2 Å². The molecule has 2 N–H and O–H groups in total. The van der Waals surface area contributed by atoms with Gasteiger partial charge in [0.1, 0.15) is 12.6 Å². The Morgan fingerprint density at radius 1 is 1.17 bits per heavy atom. The number of carboxylic acids is 1. The van der Waals surface area contributed by atoms with Gasteiger partial charge in [-0.15, -0.1) is 0 Å². The molecule has 0 aromatic heterocycles. The zero-order valence-electron chi connectivity index (χ0n) is 16.2. The molecule has 1 aliphatic heterocycles. The van der Waals surface area contributed by atoms with E-state index in [0.717, 1.165) is 5.56 Å². The van der Waals surface area contributed by atoms with Crippen LogP contribution in [0.1, 0.15) is 24.8 Å². The van der Waals surface area contributed by atoms with E-state index in [2.05, 4.69) is 16.3 Å². The number of ether oxygens (including phenoxy) is 1. The van der Waals surface area contributed by atoms with E-state index < -0.39 is 18.1 Å². The van der Waals surface area contributed by atoms with E-state index in [1.54, 1.807) is 17.0 Å². The minimum Gasteiger partial charge on any atom is -0.480 e. The number of hydrogen-bond acceptors (Lipinski definition) is 6. The van der Waals surface area contributed by atoms with Crippen molar-refractivity contribution in [3.8, 4) is 6.07 Å². The Bertz CT molecular complexity index is 726. The average molecular weight is 402 g/mol. The lowest BCUT2D eigenvalue weighted by molar-refractivity contribution is -0.140. The minimum absolute atomic E-state index is 0.0107. The van der Waals surface area contributed by atoms with Crippen LogP contribution in [0.15, 0.2) is 30.3 Å². The number of nitrogens with zero attached hydrogens (tertiary/aromatic N) is 3. The zero-order valence-corrected chi connectivity index (χ0v) is 16.2. The fourth-order valence-corrected chi connectivity index (χ4v) is 3.02.